The number of rotatable bonds is 3. The second-order valence-electron chi connectivity index (χ2n) is 5.97. The molecule has 0 saturated carbocycles. The lowest BCUT2D eigenvalue weighted by atomic mass is 10.1. The molecule has 1 aliphatic heterocycles. The molecule has 1 aliphatic rings. The summed E-state index contributed by atoms with van der Waals surface area (Å²) in [6.45, 7) is 3.16. The van der Waals surface area contributed by atoms with Crippen LogP contribution in [0, 0.1) is 5.92 Å². The Hall–Kier alpha value is -1.89. The van der Waals surface area contributed by atoms with Crippen LogP contribution >= 0.6 is 24.8 Å². The molecule has 6 nitrogen and oxygen atoms in total. The molecule has 0 radical (unpaired) electrons. The van der Waals surface area contributed by atoms with E-state index >= 15 is 0 Å². The van der Waals surface area contributed by atoms with Crippen molar-refractivity contribution in [3.8, 4) is 11.4 Å². The third-order valence-electron chi connectivity index (χ3n) is 4.34. The quantitative estimate of drug-likeness (QED) is 0.846. The number of aromatic amines is 1. The molecule has 136 valence electrons. The molecular weight excluding hydrogens is 363 g/mol. The molecular formula is C17H22Cl2N4O2. The van der Waals surface area contributed by atoms with Crippen molar-refractivity contribution in [2.75, 3.05) is 13.1 Å². The van der Waals surface area contributed by atoms with Crippen LogP contribution in [-0.4, -0.2) is 39.9 Å². The minimum Gasteiger partial charge on any atom is -0.335 e. The first-order chi connectivity index (χ1) is 11.1. The predicted octanol–water partition coefficient (Wildman–Crippen LogP) is 2.09. The molecule has 0 aromatic carbocycles. The molecule has 0 bridgehead atoms. The molecule has 25 heavy (non-hydrogen) atoms. The maximum Gasteiger partial charge on any atom is 0.261 e. The van der Waals surface area contributed by atoms with E-state index in [1.807, 2.05) is 19.1 Å². The summed E-state index contributed by atoms with van der Waals surface area (Å²) in [5, 5.41) is 0. The highest BCUT2D eigenvalue weighted by Gasteiger charge is 2.33. The van der Waals surface area contributed by atoms with Gasteiger partial charge < -0.3 is 15.6 Å². The molecule has 3 N–H and O–H groups in total. The van der Waals surface area contributed by atoms with Crippen molar-refractivity contribution < 1.29 is 4.79 Å². The number of H-pyrrole nitrogens is 1. The molecule has 1 saturated heterocycles. The number of nitrogens with zero attached hydrogens (tertiary/aromatic N) is 2. The summed E-state index contributed by atoms with van der Waals surface area (Å²) in [5.74, 6) is 0.0723. The molecule has 2 unspecified atom stereocenters. The summed E-state index contributed by atoms with van der Waals surface area (Å²) in [4.78, 5) is 33.6. The predicted molar refractivity (Wildman–Crippen MR) is 102 cm³/mol. The van der Waals surface area contributed by atoms with Crippen LogP contribution in [0.5, 0.6) is 0 Å². The zero-order valence-corrected chi connectivity index (χ0v) is 15.5. The van der Waals surface area contributed by atoms with Crippen LogP contribution in [0.1, 0.15) is 23.7 Å². The van der Waals surface area contributed by atoms with Gasteiger partial charge >= 0.3 is 0 Å². The molecule has 0 spiro atoms. The standard InChI is InChI=1S/C17H20N4O2.2ClH/c1-11-8-12(9-18)10-21(11)17(23)13-5-6-15(20-16(13)22)14-4-2-3-7-19-14;;/h2-7,11-12H,8-10,18H2,1H3,(H,20,22);2*1H. The molecule has 3 rings (SSSR count). The smallest absolute Gasteiger partial charge is 0.261 e. The van der Waals surface area contributed by atoms with E-state index in [1.165, 1.54) is 0 Å². The lowest BCUT2D eigenvalue weighted by Gasteiger charge is -2.21. The van der Waals surface area contributed by atoms with Gasteiger partial charge in [0.15, 0.2) is 0 Å². The fourth-order valence-corrected chi connectivity index (χ4v) is 3.06. The lowest BCUT2D eigenvalue weighted by Crippen LogP contribution is -2.37. The Morgan fingerprint density at radius 2 is 2.08 bits per heavy atom. The monoisotopic (exact) mass is 384 g/mol. The van der Waals surface area contributed by atoms with E-state index in [0.717, 1.165) is 6.42 Å². The van der Waals surface area contributed by atoms with Gasteiger partial charge in [-0.1, -0.05) is 6.07 Å². The van der Waals surface area contributed by atoms with E-state index in [2.05, 4.69) is 9.97 Å². The summed E-state index contributed by atoms with van der Waals surface area (Å²) < 4.78 is 0. The third-order valence-corrected chi connectivity index (χ3v) is 4.34. The summed E-state index contributed by atoms with van der Waals surface area (Å²) in [5.41, 5.74) is 6.74. The number of carbonyl (C=O) groups excluding carboxylic acids is 1. The van der Waals surface area contributed by atoms with Gasteiger partial charge in [0.1, 0.15) is 5.56 Å². The Balaban J connectivity index is 0.00000156. The normalized spacial score (nSPS) is 19.0. The maximum absolute atomic E-state index is 12.6. The van der Waals surface area contributed by atoms with Crippen molar-refractivity contribution in [2.45, 2.75) is 19.4 Å². The largest absolute Gasteiger partial charge is 0.335 e. The summed E-state index contributed by atoms with van der Waals surface area (Å²) in [6.07, 6.45) is 2.54. The average molecular weight is 385 g/mol. The van der Waals surface area contributed by atoms with Crippen LogP contribution < -0.4 is 11.3 Å². The van der Waals surface area contributed by atoms with Crippen LogP contribution in [0.3, 0.4) is 0 Å². The SMILES string of the molecule is CC1CC(CN)CN1C(=O)c1ccc(-c2ccccn2)[nH]c1=O.Cl.Cl. The van der Waals surface area contributed by atoms with Crippen molar-refractivity contribution >= 4 is 30.7 Å². The van der Waals surface area contributed by atoms with Crippen molar-refractivity contribution in [2.24, 2.45) is 11.7 Å². The van der Waals surface area contributed by atoms with Gasteiger partial charge in [-0.25, -0.2) is 0 Å². The van der Waals surface area contributed by atoms with Crippen molar-refractivity contribution in [1.29, 1.82) is 0 Å². The molecule has 1 fully saturated rings. The van der Waals surface area contributed by atoms with Gasteiger partial charge in [-0.3, -0.25) is 14.6 Å². The zero-order chi connectivity index (χ0) is 16.4. The second kappa shape index (κ2) is 8.99. The highest BCUT2D eigenvalue weighted by molar-refractivity contribution is 5.94. The Morgan fingerprint density at radius 1 is 1.32 bits per heavy atom. The lowest BCUT2D eigenvalue weighted by molar-refractivity contribution is 0.0741. The molecule has 2 aromatic rings. The second-order valence-corrected chi connectivity index (χ2v) is 5.97. The van der Waals surface area contributed by atoms with Crippen LogP contribution in [0.25, 0.3) is 11.4 Å². The highest BCUT2D eigenvalue weighted by atomic mass is 35.5. The number of hydrogen-bond acceptors (Lipinski definition) is 4. The van der Waals surface area contributed by atoms with E-state index in [1.54, 1.807) is 29.3 Å². The number of carbonyl (C=O) groups is 1. The third kappa shape index (κ3) is 4.39. The van der Waals surface area contributed by atoms with Crippen molar-refractivity contribution in [3.63, 3.8) is 0 Å². The molecule has 8 heteroatoms. The molecule has 0 aliphatic carbocycles. The number of halogens is 2. The number of amides is 1. The Labute approximate surface area is 158 Å². The molecule has 2 atom stereocenters. The molecule has 1 amide bonds. The first-order valence-electron chi connectivity index (χ1n) is 7.76. The number of nitrogens with one attached hydrogen (secondary N) is 1. The van der Waals surface area contributed by atoms with E-state index < -0.39 is 0 Å². The number of hydrogen-bond donors (Lipinski definition) is 2. The van der Waals surface area contributed by atoms with E-state index in [4.69, 9.17) is 5.73 Å². The van der Waals surface area contributed by atoms with Gasteiger partial charge in [-0.05, 0) is 50.1 Å². The maximum atomic E-state index is 12.6. The van der Waals surface area contributed by atoms with Gasteiger partial charge in [0, 0.05) is 18.8 Å². The van der Waals surface area contributed by atoms with E-state index in [9.17, 15) is 9.59 Å². The highest BCUT2D eigenvalue weighted by Crippen LogP contribution is 2.23. The first kappa shape index (κ1) is 21.2. The zero-order valence-electron chi connectivity index (χ0n) is 13.8. The number of nitrogens with two attached hydrogens (primary N) is 1. The minimum absolute atomic E-state index is 0. The number of pyridine rings is 2. The Kier molecular flexibility index (Phi) is 7.60. The molecule has 3 heterocycles. The summed E-state index contributed by atoms with van der Waals surface area (Å²) in [7, 11) is 0. The first-order valence-corrected chi connectivity index (χ1v) is 7.76. The topological polar surface area (TPSA) is 92.1 Å². The fraction of sp³-hybridized carbons (Fsp3) is 0.353. The fourth-order valence-electron chi connectivity index (χ4n) is 3.06. The molecule has 2 aromatic heterocycles. The van der Waals surface area contributed by atoms with Crippen molar-refractivity contribution in [3.05, 3.63) is 52.4 Å². The Morgan fingerprint density at radius 3 is 2.64 bits per heavy atom. The number of likely N-dealkylation sites (tertiary alicyclic amines) is 1. The van der Waals surface area contributed by atoms with Crippen LogP contribution in [0.15, 0.2) is 41.3 Å². The van der Waals surface area contributed by atoms with Gasteiger partial charge in [-0.15, -0.1) is 24.8 Å². The number of aromatic nitrogens is 2. The Bertz CT molecular complexity index is 767. The van der Waals surface area contributed by atoms with Crippen LogP contribution in [0.4, 0.5) is 0 Å². The van der Waals surface area contributed by atoms with E-state index in [-0.39, 0.29) is 47.9 Å². The van der Waals surface area contributed by atoms with Gasteiger partial charge in [-0.2, -0.15) is 0 Å². The van der Waals surface area contributed by atoms with Crippen LogP contribution in [0.2, 0.25) is 0 Å². The van der Waals surface area contributed by atoms with E-state index in [0.29, 0.717) is 30.4 Å². The summed E-state index contributed by atoms with van der Waals surface area (Å²) in [6, 6.07) is 8.86. The van der Waals surface area contributed by atoms with Gasteiger partial charge in [0.05, 0.1) is 11.4 Å². The van der Waals surface area contributed by atoms with Gasteiger partial charge in [0.25, 0.3) is 11.5 Å². The average Bonchev–Trinajstić information content (AvgIpc) is 2.96. The minimum atomic E-state index is -0.387. The van der Waals surface area contributed by atoms with Gasteiger partial charge in [0.2, 0.25) is 0 Å². The van der Waals surface area contributed by atoms with Crippen LogP contribution in [-0.2, 0) is 0 Å². The summed E-state index contributed by atoms with van der Waals surface area (Å²) >= 11 is 0. The van der Waals surface area contributed by atoms with Crippen molar-refractivity contribution in [1.82, 2.24) is 14.9 Å².